The lowest BCUT2D eigenvalue weighted by molar-refractivity contribution is 0.0697. The number of aromatic nitrogens is 1. The van der Waals surface area contributed by atoms with Gasteiger partial charge in [0.15, 0.2) is 17.3 Å². The molecule has 2 heterocycles. The molecule has 0 saturated carbocycles. The monoisotopic (exact) mass is 323 g/mol. The minimum absolute atomic E-state index is 0.220. The van der Waals surface area contributed by atoms with Crippen LogP contribution >= 0.6 is 0 Å². The van der Waals surface area contributed by atoms with Gasteiger partial charge in [-0.15, -0.1) is 0 Å². The molecule has 1 aromatic heterocycles. The largest absolute Gasteiger partial charge is 0.486 e. The Labute approximate surface area is 137 Å². The summed E-state index contributed by atoms with van der Waals surface area (Å²) < 4.78 is 16.9. The number of rotatable bonds is 3. The molecular formula is C18H13NO5. The van der Waals surface area contributed by atoms with Gasteiger partial charge in [-0.3, -0.25) is 0 Å². The van der Waals surface area contributed by atoms with Crippen LogP contribution in [0.4, 0.5) is 0 Å². The molecule has 3 aromatic rings. The molecule has 0 bridgehead atoms. The number of oxazole rings is 1. The molecule has 0 radical (unpaired) electrons. The van der Waals surface area contributed by atoms with Crippen molar-refractivity contribution in [1.29, 1.82) is 0 Å². The zero-order chi connectivity index (χ0) is 16.5. The number of nitrogens with zero attached hydrogens (tertiary/aromatic N) is 1. The molecule has 0 saturated heterocycles. The van der Waals surface area contributed by atoms with Crippen LogP contribution in [0.5, 0.6) is 11.5 Å². The highest BCUT2D eigenvalue weighted by Crippen LogP contribution is 2.35. The molecule has 0 fully saturated rings. The fourth-order valence-corrected chi connectivity index (χ4v) is 2.49. The maximum atomic E-state index is 10.9. The lowest BCUT2D eigenvalue weighted by Crippen LogP contribution is -2.15. The lowest BCUT2D eigenvalue weighted by atomic mass is 10.1. The number of ether oxygens (including phenoxy) is 2. The molecule has 1 aliphatic rings. The highest BCUT2D eigenvalue weighted by molar-refractivity contribution is 5.88. The molecule has 120 valence electrons. The average molecular weight is 323 g/mol. The summed E-state index contributed by atoms with van der Waals surface area (Å²) in [6, 6.07) is 12.0. The van der Waals surface area contributed by atoms with Gasteiger partial charge in [0.05, 0.1) is 11.8 Å². The van der Waals surface area contributed by atoms with Crippen LogP contribution in [0.2, 0.25) is 0 Å². The van der Waals surface area contributed by atoms with Crippen LogP contribution < -0.4 is 9.47 Å². The number of hydrogen-bond acceptors (Lipinski definition) is 5. The van der Waals surface area contributed by atoms with Crippen LogP contribution in [-0.4, -0.2) is 29.3 Å². The number of benzene rings is 2. The van der Waals surface area contributed by atoms with Crippen molar-refractivity contribution in [3.63, 3.8) is 0 Å². The summed E-state index contributed by atoms with van der Waals surface area (Å²) in [6.07, 6.45) is 1.63. The van der Waals surface area contributed by atoms with E-state index < -0.39 is 5.97 Å². The second kappa shape index (κ2) is 5.73. The number of aromatic carboxylic acids is 1. The molecule has 1 N–H and O–H groups in total. The first-order chi connectivity index (χ1) is 11.7. The highest BCUT2D eigenvalue weighted by atomic mass is 16.6. The standard InChI is InChI=1S/C18H13NO5/c20-18(21)12-3-1-11(2-4-12)17-19-10-16(24-17)13-5-6-14-15(9-13)23-8-7-22-14/h1-6,9-10H,7-8H2,(H,20,21). The second-order valence-electron chi connectivity index (χ2n) is 5.27. The van der Waals surface area contributed by atoms with Crippen molar-refractivity contribution >= 4 is 5.97 Å². The average Bonchev–Trinajstić information content (AvgIpc) is 3.11. The van der Waals surface area contributed by atoms with Crippen molar-refractivity contribution in [3.8, 4) is 34.3 Å². The number of carbonyl (C=O) groups is 1. The van der Waals surface area contributed by atoms with E-state index >= 15 is 0 Å². The highest BCUT2D eigenvalue weighted by Gasteiger charge is 2.15. The van der Waals surface area contributed by atoms with Crippen LogP contribution in [0.25, 0.3) is 22.8 Å². The Bertz CT molecular complexity index is 898. The Morgan fingerprint density at radius 3 is 2.42 bits per heavy atom. The smallest absolute Gasteiger partial charge is 0.335 e. The molecule has 6 nitrogen and oxygen atoms in total. The Morgan fingerprint density at radius 2 is 1.67 bits per heavy atom. The third kappa shape index (κ3) is 2.58. The quantitative estimate of drug-likeness (QED) is 0.794. The number of carboxylic acids is 1. The molecule has 24 heavy (non-hydrogen) atoms. The summed E-state index contributed by atoms with van der Waals surface area (Å²) in [5.74, 6) is 1.46. The summed E-state index contributed by atoms with van der Waals surface area (Å²) in [7, 11) is 0. The van der Waals surface area contributed by atoms with Crippen molar-refractivity contribution in [2.24, 2.45) is 0 Å². The van der Waals surface area contributed by atoms with Crippen LogP contribution in [0.15, 0.2) is 53.1 Å². The predicted molar refractivity (Wildman–Crippen MR) is 85.3 cm³/mol. The molecule has 0 amide bonds. The van der Waals surface area contributed by atoms with Gasteiger partial charge in [-0.25, -0.2) is 9.78 Å². The van der Waals surface area contributed by atoms with Gasteiger partial charge in [0, 0.05) is 11.1 Å². The van der Waals surface area contributed by atoms with E-state index in [0.717, 1.165) is 5.56 Å². The number of carboxylic acid groups (broad SMARTS) is 1. The molecule has 0 spiro atoms. The van der Waals surface area contributed by atoms with E-state index in [4.69, 9.17) is 19.0 Å². The van der Waals surface area contributed by atoms with Crippen molar-refractivity contribution < 1.29 is 23.8 Å². The minimum atomic E-state index is -0.967. The van der Waals surface area contributed by atoms with Gasteiger partial charge < -0.3 is 19.0 Å². The second-order valence-corrected chi connectivity index (χ2v) is 5.27. The summed E-state index contributed by atoms with van der Waals surface area (Å²) in [5.41, 5.74) is 1.77. The van der Waals surface area contributed by atoms with Gasteiger partial charge in [0.25, 0.3) is 0 Å². The number of fused-ring (bicyclic) bond motifs is 1. The van der Waals surface area contributed by atoms with E-state index in [-0.39, 0.29) is 5.56 Å². The maximum absolute atomic E-state index is 10.9. The molecule has 2 aromatic carbocycles. The summed E-state index contributed by atoms with van der Waals surface area (Å²) in [5, 5.41) is 8.93. The summed E-state index contributed by atoms with van der Waals surface area (Å²) in [6.45, 7) is 1.07. The van der Waals surface area contributed by atoms with Gasteiger partial charge in [-0.1, -0.05) is 0 Å². The normalized spacial score (nSPS) is 12.8. The third-order valence-electron chi connectivity index (χ3n) is 3.71. The topological polar surface area (TPSA) is 81.8 Å². The van der Waals surface area contributed by atoms with E-state index in [9.17, 15) is 4.79 Å². The summed E-state index contributed by atoms with van der Waals surface area (Å²) in [4.78, 5) is 15.2. The SMILES string of the molecule is O=C(O)c1ccc(-c2ncc(-c3ccc4c(c3)OCCO4)o2)cc1. The van der Waals surface area contributed by atoms with Crippen LogP contribution in [0.3, 0.4) is 0 Å². The van der Waals surface area contributed by atoms with Crippen molar-refractivity contribution in [1.82, 2.24) is 4.98 Å². The fourth-order valence-electron chi connectivity index (χ4n) is 2.49. The molecule has 4 rings (SSSR count). The zero-order valence-electron chi connectivity index (χ0n) is 12.6. The van der Waals surface area contributed by atoms with E-state index in [0.29, 0.717) is 41.9 Å². The first-order valence-corrected chi connectivity index (χ1v) is 7.40. The minimum Gasteiger partial charge on any atom is -0.486 e. The molecule has 0 aliphatic carbocycles. The predicted octanol–water partition coefficient (Wildman–Crippen LogP) is 3.48. The lowest BCUT2D eigenvalue weighted by Gasteiger charge is -2.18. The first kappa shape index (κ1) is 14.3. The Kier molecular flexibility index (Phi) is 3.42. The van der Waals surface area contributed by atoms with Gasteiger partial charge in [0.1, 0.15) is 13.2 Å². The van der Waals surface area contributed by atoms with Crippen molar-refractivity contribution in [3.05, 3.63) is 54.2 Å². The Hall–Kier alpha value is -3.28. The zero-order valence-corrected chi connectivity index (χ0v) is 12.6. The number of hydrogen-bond donors (Lipinski definition) is 1. The fraction of sp³-hybridized carbons (Fsp3) is 0.111. The molecular weight excluding hydrogens is 310 g/mol. The van der Waals surface area contributed by atoms with E-state index in [1.807, 2.05) is 18.2 Å². The first-order valence-electron chi connectivity index (χ1n) is 7.40. The van der Waals surface area contributed by atoms with Crippen molar-refractivity contribution in [2.75, 3.05) is 13.2 Å². The van der Waals surface area contributed by atoms with E-state index in [1.54, 1.807) is 18.3 Å². The van der Waals surface area contributed by atoms with Gasteiger partial charge in [0.2, 0.25) is 5.89 Å². The van der Waals surface area contributed by atoms with Crippen LogP contribution in [0, 0.1) is 0 Å². The van der Waals surface area contributed by atoms with E-state index in [1.165, 1.54) is 12.1 Å². The molecule has 6 heteroatoms. The molecule has 0 atom stereocenters. The molecule has 0 unspecified atom stereocenters. The van der Waals surface area contributed by atoms with Gasteiger partial charge >= 0.3 is 5.97 Å². The van der Waals surface area contributed by atoms with Crippen LogP contribution in [-0.2, 0) is 0 Å². The van der Waals surface area contributed by atoms with Crippen LogP contribution in [0.1, 0.15) is 10.4 Å². The van der Waals surface area contributed by atoms with Crippen molar-refractivity contribution in [2.45, 2.75) is 0 Å². The maximum Gasteiger partial charge on any atom is 0.335 e. The molecule has 1 aliphatic heterocycles. The van der Waals surface area contributed by atoms with Gasteiger partial charge in [-0.2, -0.15) is 0 Å². The third-order valence-corrected chi connectivity index (χ3v) is 3.71. The van der Waals surface area contributed by atoms with E-state index in [2.05, 4.69) is 4.98 Å². The van der Waals surface area contributed by atoms with Gasteiger partial charge in [-0.05, 0) is 42.5 Å². The summed E-state index contributed by atoms with van der Waals surface area (Å²) >= 11 is 0. The Morgan fingerprint density at radius 1 is 0.958 bits per heavy atom. The Balaban J connectivity index is 1.64.